The Morgan fingerprint density at radius 1 is 1.39 bits per heavy atom. The fraction of sp³-hybridized carbons (Fsp3) is 0.231. The molecule has 0 spiro atoms. The van der Waals surface area contributed by atoms with Crippen LogP contribution in [-0.4, -0.2) is 23.1 Å². The molecule has 0 saturated carbocycles. The molecule has 18 heavy (non-hydrogen) atoms. The van der Waals surface area contributed by atoms with Crippen molar-refractivity contribution in [1.29, 1.82) is 0 Å². The summed E-state index contributed by atoms with van der Waals surface area (Å²) in [6, 6.07) is 5.63. The second-order valence-corrected chi connectivity index (χ2v) is 3.91. The van der Waals surface area contributed by atoms with Crippen molar-refractivity contribution in [3.63, 3.8) is 0 Å². The number of hydrogen-bond acceptors (Lipinski definition) is 2. The van der Waals surface area contributed by atoms with Gasteiger partial charge in [0, 0.05) is 11.7 Å². The third-order valence-corrected chi connectivity index (χ3v) is 2.29. The smallest absolute Gasteiger partial charge is 0.335 e. The largest absolute Gasteiger partial charge is 0.478 e. The highest BCUT2D eigenvalue weighted by molar-refractivity contribution is 5.91. The van der Waals surface area contributed by atoms with Crippen molar-refractivity contribution in [3.05, 3.63) is 42.5 Å². The van der Waals surface area contributed by atoms with E-state index in [2.05, 4.69) is 17.2 Å². The molecule has 1 atom stereocenters. The number of aromatic carboxylic acids is 1. The van der Waals surface area contributed by atoms with Gasteiger partial charge in [0.05, 0.1) is 5.56 Å². The minimum atomic E-state index is -0.995. The average molecular weight is 248 g/mol. The zero-order chi connectivity index (χ0) is 13.5. The van der Waals surface area contributed by atoms with E-state index < -0.39 is 5.97 Å². The number of hydrogen-bond donors (Lipinski definition) is 3. The molecule has 96 valence electrons. The van der Waals surface area contributed by atoms with Crippen molar-refractivity contribution in [2.24, 2.45) is 0 Å². The van der Waals surface area contributed by atoms with E-state index in [1.165, 1.54) is 12.1 Å². The predicted octanol–water partition coefficient (Wildman–Crippen LogP) is 2.47. The lowest BCUT2D eigenvalue weighted by atomic mass is 10.2. The van der Waals surface area contributed by atoms with Crippen molar-refractivity contribution in [1.82, 2.24) is 5.32 Å². The SMILES string of the molecule is C=CCC(C)NC(=O)Nc1ccc(C(=O)O)cc1. The fourth-order valence-corrected chi connectivity index (χ4v) is 1.40. The molecule has 0 fully saturated rings. The van der Waals surface area contributed by atoms with Crippen LogP contribution < -0.4 is 10.6 Å². The number of carbonyl (C=O) groups is 2. The molecule has 1 rings (SSSR count). The van der Waals surface area contributed by atoms with Gasteiger partial charge in [0.2, 0.25) is 0 Å². The topological polar surface area (TPSA) is 78.4 Å². The quantitative estimate of drug-likeness (QED) is 0.700. The van der Waals surface area contributed by atoms with E-state index in [0.717, 1.165) is 0 Å². The van der Waals surface area contributed by atoms with E-state index in [1.807, 2.05) is 6.92 Å². The molecular formula is C13H16N2O3. The van der Waals surface area contributed by atoms with Crippen LogP contribution in [0.25, 0.3) is 0 Å². The molecule has 0 aliphatic rings. The van der Waals surface area contributed by atoms with Crippen LogP contribution in [0.2, 0.25) is 0 Å². The molecule has 0 aromatic heterocycles. The van der Waals surface area contributed by atoms with Crippen LogP contribution in [-0.2, 0) is 0 Å². The molecule has 0 radical (unpaired) electrons. The van der Waals surface area contributed by atoms with E-state index in [1.54, 1.807) is 18.2 Å². The van der Waals surface area contributed by atoms with Gasteiger partial charge in [-0.05, 0) is 37.6 Å². The minimum Gasteiger partial charge on any atom is -0.478 e. The Balaban J connectivity index is 2.54. The van der Waals surface area contributed by atoms with Crippen molar-refractivity contribution < 1.29 is 14.7 Å². The Morgan fingerprint density at radius 3 is 2.50 bits per heavy atom. The van der Waals surface area contributed by atoms with Gasteiger partial charge in [0.15, 0.2) is 0 Å². The minimum absolute atomic E-state index is 0.000734. The van der Waals surface area contributed by atoms with Gasteiger partial charge >= 0.3 is 12.0 Å². The van der Waals surface area contributed by atoms with E-state index in [-0.39, 0.29) is 17.6 Å². The second kappa shape index (κ2) is 6.44. The molecule has 1 unspecified atom stereocenters. The number of benzene rings is 1. The lowest BCUT2D eigenvalue weighted by Gasteiger charge is -2.12. The van der Waals surface area contributed by atoms with Crippen LogP contribution in [0.15, 0.2) is 36.9 Å². The first-order valence-electron chi connectivity index (χ1n) is 5.54. The highest BCUT2D eigenvalue weighted by Gasteiger charge is 2.06. The number of rotatable bonds is 5. The summed E-state index contributed by atoms with van der Waals surface area (Å²) >= 11 is 0. The van der Waals surface area contributed by atoms with Crippen LogP contribution in [0.4, 0.5) is 10.5 Å². The summed E-state index contributed by atoms with van der Waals surface area (Å²) in [4.78, 5) is 22.2. The van der Waals surface area contributed by atoms with Crippen LogP contribution in [0.3, 0.4) is 0 Å². The number of urea groups is 1. The molecule has 5 nitrogen and oxygen atoms in total. The zero-order valence-electron chi connectivity index (χ0n) is 10.1. The number of carbonyl (C=O) groups excluding carboxylic acids is 1. The van der Waals surface area contributed by atoms with Crippen LogP contribution >= 0.6 is 0 Å². The van der Waals surface area contributed by atoms with Crippen LogP contribution in [0.5, 0.6) is 0 Å². The molecule has 2 amide bonds. The molecule has 0 bridgehead atoms. The molecule has 1 aromatic rings. The normalized spacial score (nSPS) is 11.4. The maximum Gasteiger partial charge on any atom is 0.335 e. The van der Waals surface area contributed by atoms with Crippen molar-refractivity contribution in [2.75, 3.05) is 5.32 Å². The Morgan fingerprint density at radius 2 is 2.00 bits per heavy atom. The number of nitrogens with one attached hydrogen (secondary N) is 2. The third-order valence-electron chi connectivity index (χ3n) is 2.29. The van der Waals surface area contributed by atoms with Crippen LogP contribution in [0.1, 0.15) is 23.7 Å². The monoisotopic (exact) mass is 248 g/mol. The maximum absolute atomic E-state index is 11.5. The fourth-order valence-electron chi connectivity index (χ4n) is 1.40. The summed E-state index contributed by atoms with van der Waals surface area (Å²) in [6.07, 6.45) is 2.41. The maximum atomic E-state index is 11.5. The van der Waals surface area contributed by atoms with Gasteiger partial charge in [-0.25, -0.2) is 9.59 Å². The number of anilines is 1. The van der Waals surface area contributed by atoms with Gasteiger partial charge < -0.3 is 15.7 Å². The van der Waals surface area contributed by atoms with Crippen molar-refractivity contribution in [3.8, 4) is 0 Å². The second-order valence-electron chi connectivity index (χ2n) is 3.91. The molecule has 0 aliphatic heterocycles. The van der Waals surface area contributed by atoms with E-state index in [9.17, 15) is 9.59 Å². The number of carboxylic acid groups (broad SMARTS) is 1. The van der Waals surface area contributed by atoms with Gasteiger partial charge in [-0.1, -0.05) is 6.08 Å². The van der Waals surface area contributed by atoms with Gasteiger partial charge in [0.1, 0.15) is 0 Å². The summed E-state index contributed by atoms with van der Waals surface area (Å²) in [6.45, 7) is 5.46. The highest BCUT2D eigenvalue weighted by Crippen LogP contribution is 2.09. The lowest BCUT2D eigenvalue weighted by Crippen LogP contribution is -2.35. The summed E-state index contributed by atoms with van der Waals surface area (Å²) in [5, 5.41) is 14.1. The Labute approximate surface area is 106 Å². The first-order valence-corrected chi connectivity index (χ1v) is 5.54. The van der Waals surface area contributed by atoms with Crippen LogP contribution in [0, 0.1) is 0 Å². The summed E-state index contributed by atoms with van der Waals surface area (Å²) in [5.74, 6) is -0.995. The zero-order valence-corrected chi connectivity index (χ0v) is 10.1. The van der Waals surface area contributed by atoms with Gasteiger partial charge in [-0.3, -0.25) is 0 Å². The molecule has 3 N–H and O–H groups in total. The van der Waals surface area contributed by atoms with E-state index in [0.29, 0.717) is 12.1 Å². The number of amides is 2. The van der Waals surface area contributed by atoms with E-state index >= 15 is 0 Å². The summed E-state index contributed by atoms with van der Waals surface area (Å²) in [5.41, 5.74) is 0.726. The third kappa shape index (κ3) is 4.29. The lowest BCUT2D eigenvalue weighted by molar-refractivity contribution is 0.0697. The Bertz CT molecular complexity index is 440. The highest BCUT2D eigenvalue weighted by atomic mass is 16.4. The van der Waals surface area contributed by atoms with Crippen molar-refractivity contribution >= 4 is 17.7 Å². The van der Waals surface area contributed by atoms with Gasteiger partial charge in [-0.2, -0.15) is 0 Å². The average Bonchev–Trinajstić information content (AvgIpc) is 2.29. The predicted molar refractivity (Wildman–Crippen MR) is 69.8 cm³/mol. The van der Waals surface area contributed by atoms with E-state index in [4.69, 9.17) is 5.11 Å². The van der Waals surface area contributed by atoms with Gasteiger partial charge in [0.25, 0.3) is 0 Å². The Kier molecular flexibility index (Phi) is 4.92. The van der Waals surface area contributed by atoms with Crippen molar-refractivity contribution in [2.45, 2.75) is 19.4 Å². The molecule has 1 aromatic carbocycles. The molecular weight excluding hydrogens is 232 g/mol. The van der Waals surface area contributed by atoms with Gasteiger partial charge in [-0.15, -0.1) is 6.58 Å². The molecule has 0 aliphatic carbocycles. The number of carboxylic acids is 1. The standard InChI is InChI=1S/C13H16N2O3/c1-3-4-9(2)14-13(18)15-11-7-5-10(6-8-11)12(16)17/h3,5-9H,1,4H2,2H3,(H,16,17)(H2,14,15,18). The molecule has 0 saturated heterocycles. The first kappa shape index (κ1) is 13.8. The summed E-state index contributed by atoms with van der Waals surface area (Å²) < 4.78 is 0. The first-order chi connectivity index (χ1) is 8.52. The molecule has 0 heterocycles. The molecule has 5 heteroatoms. The summed E-state index contributed by atoms with van der Waals surface area (Å²) in [7, 11) is 0. The Hall–Kier alpha value is -2.30.